The van der Waals surface area contributed by atoms with E-state index >= 15 is 0 Å². The third kappa shape index (κ3) is 3.48. The molecule has 0 saturated carbocycles. The van der Waals surface area contributed by atoms with E-state index < -0.39 is 0 Å². The van der Waals surface area contributed by atoms with Gasteiger partial charge in [0.2, 0.25) is 0 Å². The van der Waals surface area contributed by atoms with E-state index in [0.717, 1.165) is 23.5 Å². The number of hydrogen-bond acceptors (Lipinski definition) is 3. The molecule has 1 unspecified atom stereocenters. The second-order valence-corrected chi connectivity index (χ2v) is 5.84. The van der Waals surface area contributed by atoms with Crippen LogP contribution < -0.4 is 9.47 Å². The molecule has 1 aliphatic rings. The van der Waals surface area contributed by atoms with E-state index in [4.69, 9.17) is 9.47 Å². The number of hydrogen-bond donors (Lipinski definition) is 0. The predicted molar refractivity (Wildman–Crippen MR) is 89.9 cm³/mol. The third-order valence-electron chi connectivity index (χ3n) is 4.42. The van der Waals surface area contributed by atoms with Crippen LogP contribution in [-0.4, -0.2) is 13.7 Å². The van der Waals surface area contributed by atoms with Crippen LogP contribution >= 0.6 is 0 Å². The SMILES string of the molecule is COc1ccccc1C(C#N)CCOc1ccc2c(c1)CCC2. The molecule has 2 aromatic rings. The Kier molecular flexibility index (Phi) is 4.83. The van der Waals surface area contributed by atoms with Gasteiger partial charge in [-0.15, -0.1) is 0 Å². The number of para-hydroxylation sites is 1. The van der Waals surface area contributed by atoms with Gasteiger partial charge in [-0.2, -0.15) is 5.26 Å². The number of nitriles is 1. The number of aryl methyl sites for hydroxylation is 2. The van der Waals surface area contributed by atoms with Crippen molar-refractivity contribution in [2.75, 3.05) is 13.7 Å². The zero-order valence-corrected chi connectivity index (χ0v) is 13.4. The van der Waals surface area contributed by atoms with E-state index in [9.17, 15) is 5.26 Å². The second kappa shape index (κ2) is 7.19. The van der Waals surface area contributed by atoms with Gasteiger partial charge < -0.3 is 9.47 Å². The number of fused-ring (bicyclic) bond motifs is 1. The smallest absolute Gasteiger partial charge is 0.123 e. The molecule has 0 aliphatic heterocycles. The van der Waals surface area contributed by atoms with Gasteiger partial charge in [-0.3, -0.25) is 0 Å². The first-order valence-electron chi connectivity index (χ1n) is 8.09. The zero-order chi connectivity index (χ0) is 16.1. The second-order valence-electron chi connectivity index (χ2n) is 5.84. The predicted octanol–water partition coefficient (Wildman–Crippen LogP) is 4.26. The highest BCUT2D eigenvalue weighted by Gasteiger charge is 2.16. The molecule has 2 aromatic carbocycles. The fraction of sp³-hybridized carbons (Fsp3) is 0.350. The minimum atomic E-state index is -0.222. The van der Waals surface area contributed by atoms with Crippen LogP contribution in [0.3, 0.4) is 0 Å². The Morgan fingerprint density at radius 1 is 1.13 bits per heavy atom. The quantitative estimate of drug-likeness (QED) is 0.800. The topological polar surface area (TPSA) is 42.2 Å². The van der Waals surface area contributed by atoms with Gasteiger partial charge in [0.15, 0.2) is 0 Å². The standard InChI is InChI=1S/C20H21NO2/c1-22-20-8-3-2-7-19(20)17(14-21)11-12-23-18-10-9-15-5-4-6-16(15)13-18/h2-3,7-10,13,17H,4-6,11-12H2,1H3. The van der Waals surface area contributed by atoms with Crippen molar-refractivity contribution in [3.8, 4) is 17.6 Å². The summed E-state index contributed by atoms with van der Waals surface area (Å²) in [4.78, 5) is 0. The lowest BCUT2D eigenvalue weighted by Crippen LogP contribution is -2.06. The van der Waals surface area contributed by atoms with Crippen molar-refractivity contribution in [3.63, 3.8) is 0 Å². The average molecular weight is 307 g/mol. The van der Waals surface area contributed by atoms with Crippen LogP contribution in [0.5, 0.6) is 11.5 Å². The van der Waals surface area contributed by atoms with Crippen LogP contribution in [0.25, 0.3) is 0 Å². The average Bonchev–Trinajstić information content (AvgIpc) is 3.06. The lowest BCUT2D eigenvalue weighted by atomic mass is 9.96. The number of ether oxygens (including phenoxy) is 2. The minimum absolute atomic E-state index is 0.222. The first-order valence-corrected chi connectivity index (χ1v) is 8.09. The van der Waals surface area contributed by atoms with Gasteiger partial charge >= 0.3 is 0 Å². The highest BCUT2D eigenvalue weighted by Crippen LogP contribution is 2.29. The fourth-order valence-electron chi connectivity index (χ4n) is 3.18. The van der Waals surface area contributed by atoms with E-state index in [1.165, 1.54) is 24.0 Å². The van der Waals surface area contributed by atoms with Crippen molar-refractivity contribution in [2.24, 2.45) is 0 Å². The van der Waals surface area contributed by atoms with Gasteiger partial charge in [0.1, 0.15) is 11.5 Å². The Morgan fingerprint density at radius 2 is 1.96 bits per heavy atom. The number of benzene rings is 2. The van der Waals surface area contributed by atoms with Gasteiger partial charge in [0.05, 0.1) is 25.7 Å². The van der Waals surface area contributed by atoms with Gasteiger partial charge in [0.25, 0.3) is 0 Å². The molecular weight excluding hydrogens is 286 g/mol. The zero-order valence-electron chi connectivity index (χ0n) is 13.4. The fourth-order valence-corrected chi connectivity index (χ4v) is 3.18. The minimum Gasteiger partial charge on any atom is -0.496 e. The van der Waals surface area contributed by atoms with Crippen molar-refractivity contribution >= 4 is 0 Å². The molecule has 3 nitrogen and oxygen atoms in total. The highest BCUT2D eigenvalue weighted by molar-refractivity contribution is 5.40. The molecule has 1 atom stereocenters. The Labute approximate surface area is 137 Å². The molecule has 0 spiro atoms. The summed E-state index contributed by atoms with van der Waals surface area (Å²) in [5, 5.41) is 9.46. The normalized spacial score (nSPS) is 13.9. The molecule has 1 aliphatic carbocycles. The third-order valence-corrected chi connectivity index (χ3v) is 4.42. The summed E-state index contributed by atoms with van der Waals surface area (Å²) in [6, 6.07) is 16.4. The van der Waals surface area contributed by atoms with Crippen molar-refractivity contribution in [2.45, 2.75) is 31.6 Å². The first kappa shape index (κ1) is 15.4. The molecule has 0 saturated heterocycles. The maximum absolute atomic E-state index is 9.46. The molecule has 0 aromatic heterocycles. The molecule has 0 radical (unpaired) electrons. The van der Waals surface area contributed by atoms with Gasteiger partial charge in [-0.25, -0.2) is 0 Å². The van der Waals surface area contributed by atoms with E-state index in [1.807, 2.05) is 30.3 Å². The van der Waals surface area contributed by atoms with Crippen LogP contribution in [0.15, 0.2) is 42.5 Å². The molecule has 0 amide bonds. The maximum atomic E-state index is 9.46. The van der Waals surface area contributed by atoms with E-state index in [1.54, 1.807) is 7.11 Å². The largest absolute Gasteiger partial charge is 0.496 e. The summed E-state index contributed by atoms with van der Waals surface area (Å²) in [5.41, 5.74) is 3.78. The van der Waals surface area contributed by atoms with E-state index in [0.29, 0.717) is 13.0 Å². The van der Waals surface area contributed by atoms with Crippen molar-refractivity contribution in [1.29, 1.82) is 5.26 Å². The van der Waals surface area contributed by atoms with E-state index in [2.05, 4.69) is 18.2 Å². The number of nitrogens with zero attached hydrogens (tertiary/aromatic N) is 1. The number of methoxy groups -OCH3 is 1. The molecule has 3 heteroatoms. The highest BCUT2D eigenvalue weighted by atomic mass is 16.5. The summed E-state index contributed by atoms with van der Waals surface area (Å²) in [6.07, 6.45) is 4.21. The Bertz CT molecular complexity index is 718. The van der Waals surface area contributed by atoms with Crippen molar-refractivity contribution < 1.29 is 9.47 Å². The molecular formula is C20H21NO2. The van der Waals surface area contributed by atoms with Gasteiger partial charge in [0, 0.05) is 12.0 Å². The molecule has 0 N–H and O–H groups in total. The summed E-state index contributed by atoms with van der Waals surface area (Å²) >= 11 is 0. The molecule has 0 bridgehead atoms. The Morgan fingerprint density at radius 3 is 2.78 bits per heavy atom. The maximum Gasteiger partial charge on any atom is 0.123 e. The lowest BCUT2D eigenvalue weighted by Gasteiger charge is -2.14. The summed E-state index contributed by atoms with van der Waals surface area (Å²) in [5.74, 6) is 1.44. The van der Waals surface area contributed by atoms with Crippen LogP contribution in [0.2, 0.25) is 0 Å². The Hall–Kier alpha value is -2.47. The molecule has 118 valence electrons. The molecule has 3 rings (SSSR count). The van der Waals surface area contributed by atoms with Crippen LogP contribution in [0.4, 0.5) is 0 Å². The van der Waals surface area contributed by atoms with E-state index in [-0.39, 0.29) is 5.92 Å². The molecule has 23 heavy (non-hydrogen) atoms. The van der Waals surface area contributed by atoms with Gasteiger partial charge in [-0.1, -0.05) is 24.3 Å². The Balaban J connectivity index is 1.62. The monoisotopic (exact) mass is 307 g/mol. The molecule has 0 fully saturated rings. The summed E-state index contributed by atoms with van der Waals surface area (Å²) in [6.45, 7) is 0.523. The van der Waals surface area contributed by atoms with Crippen LogP contribution in [0.1, 0.15) is 35.4 Å². The van der Waals surface area contributed by atoms with Crippen molar-refractivity contribution in [1.82, 2.24) is 0 Å². The number of rotatable bonds is 6. The van der Waals surface area contributed by atoms with Crippen molar-refractivity contribution in [3.05, 3.63) is 59.2 Å². The summed E-state index contributed by atoms with van der Waals surface area (Å²) in [7, 11) is 1.63. The van der Waals surface area contributed by atoms with Crippen LogP contribution in [-0.2, 0) is 12.8 Å². The van der Waals surface area contributed by atoms with Gasteiger partial charge in [-0.05, 0) is 48.6 Å². The first-order chi connectivity index (χ1) is 11.3. The summed E-state index contributed by atoms with van der Waals surface area (Å²) < 4.78 is 11.2. The lowest BCUT2D eigenvalue weighted by molar-refractivity contribution is 0.304. The molecule has 0 heterocycles. The van der Waals surface area contributed by atoms with Crippen LogP contribution in [0, 0.1) is 11.3 Å².